The van der Waals surface area contributed by atoms with Gasteiger partial charge in [0, 0.05) is 50.0 Å². The number of nitrogens with one attached hydrogen (secondary N) is 1. The van der Waals surface area contributed by atoms with Crippen molar-refractivity contribution in [3.8, 4) is 0 Å². The molecular formula is C24H23Cl2N5O. The Kier molecular flexibility index (Phi) is 5.57. The van der Waals surface area contributed by atoms with Gasteiger partial charge in [0.25, 0.3) is 5.91 Å². The number of carbonyl (C=O) groups excluding carboxylic acids is 1. The molecule has 0 aliphatic carbocycles. The first-order valence-corrected chi connectivity index (χ1v) is 11.3. The number of imidazole rings is 1. The van der Waals surface area contributed by atoms with Crippen molar-refractivity contribution in [1.82, 2.24) is 14.5 Å². The van der Waals surface area contributed by atoms with Crippen LogP contribution >= 0.6 is 23.2 Å². The molecule has 164 valence electrons. The topological polar surface area (TPSA) is 53.4 Å². The van der Waals surface area contributed by atoms with E-state index in [-0.39, 0.29) is 11.9 Å². The van der Waals surface area contributed by atoms with Gasteiger partial charge in [-0.25, -0.2) is 4.98 Å². The van der Waals surface area contributed by atoms with E-state index in [1.807, 2.05) is 52.9 Å². The standard InChI is InChI=1S/C24H23Cl2N5O/c1-16-21(23(32)30-13-11-29(12-14-30)18-5-3-2-4-6-18)22(31-10-9-27-24(31)28-16)17-7-8-19(25)20(26)15-17/h2-10,15,22H,11-14H2,1H3,(H,27,28). The zero-order valence-electron chi connectivity index (χ0n) is 17.6. The van der Waals surface area contributed by atoms with Crippen LogP contribution in [0.5, 0.6) is 0 Å². The Morgan fingerprint density at radius 1 is 1.03 bits per heavy atom. The lowest BCUT2D eigenvalue weighted by atomic mass is 9.94. The quantitative estimate of drug-likeness (QED) is 0.599. The molecule has 2 aliphatic heterocycles. The van der Waals surface area contributed by atoms with Crippen LogP contribution in [-0.2, 0) is 4.79 Å². The second kappa shape index (κ2) is 8.52. The van der Waals surface area contributed by atoms with E-state index >= 15 is 0 Å². The third-order valence-electron chi connectivity index (χ3n) is 6.10. The summed E-state index contributed by atoms with van der Waals surface area (Å²) in [5.74, 6) is 0.724. The Bertz CT molecular complexity index is 1180. The highest BCUT2D eigenvalue weighted by molar-refractivity contribution is 6.42. The Balaban J connectivity index is 1.44. The molecule has 0 saturated carbocycles. The van der Waals surface area contributed by atoms with E-state index in [0.717, 1.165) is 24.4 Å². The Morgan fingerprint density at radius 3 is 2.50 bits per heavy atom. The van der Waals surface area contributed by atoms with Crippen LogP contribution < -0.4 is 10.2 Å². The molecule has 1 unspecified atom stereocenters. The molecule has 1 atom stereocenters. The number of hydrogen-bond donors (Lipinski definition) is 1. The van der Waals surface area contributed by atoms with Crippen LogP contribution in [0.4, 0.5) is 11.6 Å². The molecule has 2 aliphatic rings. The molecule has 1 fully saturated rings. The summed E-state index contributed by atoms with van der Waals surface area (Å²) < 4.78 is 1.97. The lowest BCUT2D eigenvalue weighted by molar-refractivity contribution is -0.127. The van der Waals surface area contributed by atoms with Crippen molar-refractivity contribution in [2.24, 2.45) is 0 Å². The largest absolute Gasteiger partial charge is 0.368 e. The zero-order valence-corrected chi connectivity index (χ0v) is 19.1. The van der Waals surface area contributed by atoms with Crippen molar-refractivity contribution in [1.29, 1.82) is 0 Å². The molecule has 1 saturated heterocycles. The van der Waals surface area contributed by atoms with Crippen molar-refractivity contribution in [3.63, 3.8) is 0 Å². The minimum absolute atomic E-state index is 0.0261. The van der Waals surface area contributed by atoms with Crippen LogP contribution in [0.2, 0.25) is 10.0 Å². The minimum atomic E-state index is -0.330. The van der Waals surface area contributed by atoms with Crippen LogP contribution in [0.3, 0.4) is 0 Å². The van der Waals surface area contributed by atoms with Gasteiger partial charge in [-0.3, -0.25) is 4.79 Å². The summed E-state index contributed by atoms with van der Waals surface area (Å²) in [5, 5.41) is 4.23. The summed E-state index contributed by atoms with van der Waals surface area (Å²) in [6.45, 7) is 4.84. The first-order chi connectivity index (χ1) is 15.5. The van der Waals surface area contributed by atoms with E-state index in [0.29, 0.717) is 34.7 Å². The minimum Gasteiger partial charge on any atom is -0.368 e. The number of allylic oxidation sites excluding steroid dienone is 1. The Morgan fingerprint density at radius 2 is 1.78 bits per heavy atom. The molecular weight excluding hydrogens is 445 g/mol. The average molecular weight is 468 g/mol. The number of para-hydroxylation sites is 1. The summed E-state index contributed by atoms with van der Waals surface area (Å²) in [6, 6.07) is 15.5. The molecule has 0 spiro atoms. The monoisotopic (exact) mass is 467 g/mol. The maximum Gasteiger partial charge on any atom is 0.254 e. The average Bonchev–Trinajstić information content (AvgIpc) is 3.28. The van der Waals surface area contributed by atoms with Gasteiger partial charge in [0.05, 0.1) is 21.7 Å². The van der Waals surface area contributed by atoms with Crippen molar-refractivity contribution >= 4 is 40.7 Å². The third kappa shape index (κ3) is 3.74. The molecule has 6 nitrogen and oxygen atoms in total. The van der Waals surface area contributed by atoms with Crippen LogP contribution in [0.25, 0.3) is 0 Å². The summed E-state index contributed by atoms with van der Waals surface area (Å²) in [4.78, 5) is 22.4. The molecule has 1 N–H and O–H groups in total. The highest BCUT2D eigenvalue weighted by atomic mass is 35.5. The van der Waals surface area contributed by atoms with Gasteiger partial charge < -0.3 is 19.7 Å². The number of aromatic nitrogens is 2. The summed E-state index contributed by atoms with van der Waals surface area (Å²) in [7, 11) is 0. The van der Waals surface area contributed by atoms with Crippen LogP contribution in [-0.4, -0.2) is 46.5 Å². The number of hydrogen-bond acceptors (Lipinski definition) is 4. The first kappa shape index (κ1) is 20.9. The maximum absolute atomic E-state index is 13.8. The van der Waals surface area contributed by atoms with Gasteiger partial charge in [-0.15, -0.1) is 0 Å². The van der Waals surface area contributed by atoms with Crippen molar-refractivity contribution in [2.45, 2.75) is 13.0 Å². The Hall–Kier alpha value is -2.96. The second-order valence-corrected chi connectivity index (χ2v) is 8.83. The SMILES string of the molecule is CC1=C(C(=O)N2CCN(c3ccccc3)CC2)C(c2ccc(Cl)c(Cl)c2)n2ccnc2N1. The molecule has 0 radical (unpaired) electrons. The molecule has 3 heterocycles. The van der Waals surface area contributed by atoms with E-state index in [1.54, 1.807) is 12.3 Å². The van der Waals surface area contributed by atoms with Crippen LogP contribution in [0.15, 0.2) is 72.2 Å². The number of benzene rings is 2. The number of rotatable bonds is 3. The number of halogens is 2. The highest BCUT2D eigenvalue weighted by Crippen LogP contribution is 2.38. The predicted molar refractivity (Wildman–Crippen MR) is 128 cm³/mol. The molecule has 1 aromatic heterocycles. The predicted octanol–water partition coefficient (Wildman–Crippen LogP) is 4.83. The fourth-order valence-electron chi connectivity index (χ4n) is 4.46. The van der Waals surface area contributed by atoms with Crippen molar-refractivity contribution in [2.75, 3.05) is 36.4 Å². The number of piperazine rings is 1. The fourth-order valence-corrected chi connectivity index (χ4v) is 4.77. The molecule has 0 bridgehead atoms. The van der Waals surface area contributed by atoms with E-state index in [2.05, 4.69) is 27.3 Å². The van der Waals surface area contributed by atoms with Crippen LogP contribution in [0, 0.1) is 0 Å². The van der Waals surface area contributed by atoms with Gasteiger partial charge in [0.15, 0.2) is 0 Å². The maximum atomic E-state index is 13.8. The summed E-state index contributed by atoms with van der Waals surface area (Å²) >= 11 is 12.5. The molecule has 8 heteroatoms. The van der Waals surface area contributed by atoms with E-state index in [4.69, 9.17) is 23.2 Å². The van der Waals surface area contributed by atoms with Gasteiger partial charge in [-0.1, -0.05) is 47.5 Å². The molecule has 1 amide bonds. The number of amides is 1. The van der Waals surface area contributed by atoms with E-state index in [1.165, 1.54) is 5.69 Å². The lowest BCUT2D eigenvalue weighted by Gasteiger charge is -2.38. The molecule has 2 aromatic carbocycles. The van der Waals surface area contributed by atoms with Gasteiger partial charge >= 0.3 is 0 Å². The van der Waals surface area contributed by atoms with Gasteiger partial charge in [0.1, 0.15) is 0 Å². The number of nitrogens with zero attached hydrogens (tertiary/aromatic N) is 4. The first-order valence-electron chi connectivity index (χ1n) is 10.6. The van der Waals surface area contributed by atoms with Gasteiger partial charge in [0.2, 0.25) is 5.95 Å². The van der Waals surface area contributed by atoms with Crippen molar-refractivity contribution < 1.29 is 4.79 Å². The molecule has 3 aromatic rings. The summed E-state index contributed by atoms with van der Waals surface area (Å²) in [5.41, 5.74) is 3.58. The smallest absolute Gasteiger partial charge is 0.254 e. The van der Waals surface area contributed by atoms with Gasteiger partial charge in [-0.05, 0) is 36.8 Å². The highest BCUT2D eigenvalue weighted by Gasteiger charge is 2.35. The van der Waals surface area contributed by atoms with Crippen LogP contribution in [0.1, 0.15) is 18.5 Å². The Labute approximate surface area is 197 Å². The number of carbonyl (C=O) groups is 1. The fraction of sp³-hybridized carbons (Fsp3) is 0.250. The molecule has 5 rings (SSSR count). The third-order valence-corrected chi connectivity index (χ3v) is 6.84. The number of anilines is 2. The van der Waals surface area contributed by atoms with E-state index in [9.17, 15) is 4.79 Å². The van der Waals surface area contributed by atoms with Gasteiger partial charge in [-0.2, -0.15) is 0 Å². The normalized spacial score (nSPS) is 18.4. The van der Waals surface area contributed by atoms with E-state index < -0.39 is 0 Å². The zero-order chi connectivity index (χ0) is 22.2. The molecule has 32 heavy (non-hydrogen) atoms. The lowest BCUT2D eigenvalue weighted by Crippen LogP contribution is -2.50. The van der Waals surface area contributed by atoms with Crippen molar-refractivity contribution in [3.05, 3.63) is 87.8 Å². The second-order valence-electron chi connectivity index (χ2n) is 8.01. The summed E-state index contributed by atoms with van der Waals surface area (Å²) in [6.07, 6.45) is 3.61. The number of fused-ring (bicyclic) bond motifs is 1.